The Kier molecular flexibility index (Phi) is 18.8. The van der Waals surface area contributed by atoms with Gasteiger partial charge in [0.25, 0.3) is 11.8 Å². The average molecular weight is 1310 g/mol. The van der Waals surface area contributed by atoms with Crippen molar-refractivity contribution in [3.8, 4) is 11.5 Å². The number of nitrogens with one attached hydrogen (secondary N) is 2. The predicted molar refractivity (Wildman–Crippen MR) is 346 cm³/mol. The Bertz CT molecular complexity index is 3390. The quantitative estimate of drug-likeness (QED) is 0.140. The molecule has 2 spiro atoms. The molecule has 2 saturated heterocycles. The highest BCUT2D eigenvalue weighted by molar-refractivity contribution is 7.88. The number of hydrogen-bond donors (Lipinski definition) is 4. The first-order valence-electron chi connectivity index (χ1n) is 32.6. The highest BCUT2D eigenvalue weighted by Gasteiger charge is 2.47. The summed E-state index contributed by atoms with van der Waals surface area (Å²) < 4.78 is 86.1. The molecule has 18 nitrogen and oxygen atoms in total. The number of ether oxygens (including phenoxy) is 4. The van der Waals surface area contributed by atoms with Gasteiger partial charge in [-0.25, -0.2) is 9.44 Å². The Morgan fingerprint density at radius 2 is 1.00 bits per heavy atom. The summed E-state index contributed by atoms with van der Waals surface area (Å²) >= 11 is 12.8. The first-order valence-corrected chi connectivity index (χ1v) is 36.2. The third-order valence-corrected chi connectivity index (χ3v) is 24.5. The van der Waals surface area contributed by atoms with Crippen LogP contribution in [0.3, 0.4) is 0 Å². The summed E-state index contributed by atoms with van der Waals surface area (Å²) in [5.74, 6) is 0.736. The molecule has 90 heavy (non-hydrogen) atoms. The lowest BCUT2D eigenvalue weighted by molar-refractivity contribution is 0.0454. The molecule has 10 aliphatic rings. The largest absolute Gasteiger partial charge is 0.490 e. The molecule has 4 fully saturated rings. The number of halogens is 2. The molecule has 2 amide bonds. The number of fused-ring (bicyclic) bond motifs is 8. The molecule has 0 unspecified atom stereocenters. The smallest absolute Gasteiger partial charge is 0.304 e. The number of carbonyl (C=O) groups is 2. The van der Waals surface area contributed by atoms with Gasteiger partial charge in [0, 0.05) is 97.6 Å². The third-order valence-electron chi connectivity index (χ3n) is 21.1. The van der Waals surface area contributed by atoms with Gasteiger partial charge in [0.1, 0.15) is 11.5 Å². The number of anilines is 2. The van der Waals surface area contributed by atoms with Crippen molar-refractivity contribution in [3.63, 3.8) is 0 Å². The molecule has 0 aromatic heterocycles. The minimum atomic E-state index is -4.16. The van der Waals surface area contributed by atoms with Gasteiger partial charge in [0.2, 0.25) is 0 Å². The van der Waals surface area contributed by atoms with Crippen LogP contribution in [0.4, 0.5) is 11.4 Å². The highest BCUT2D eigenvalue weighted by Crippen LogP contribution is 2.49. The first kappa shape index (κ1) is 63.5. The van der Waals surface area contributed by atoms with E-state index in [1.54, 1.807) is 36.4 Å². The summed E-state index contributed by atoms with van der Waals surface area (Å²) in [6.45, 7) is 5.66. The van der Waals surface area contributed by atoms with E-state index in [1.165, 1.54) is 30.9 Å². The molecule has 4 bridgehead atoms. The maximum atomic E-state index is 13.6. The van der Waals surface area contributed by atoms with Crippen molar-refractivity contribution in [1.29, 1.82) is 0 Å². The lowest BCUT2D eigenvalue weighted by atomic mass is 9.68. The second kappa shape index (κ2) is 26.6. The molecule has 6 aliphatic heterocycles. The molecule has 0 radical (unpaired) electrons. The van der Waals surface area contributed by atoms with Gasteiger partial charge in [-0.3, -0.25) is 9.59 Å². The SMILES string of the molecule is O=C1NS(=O)(=O)N(C[C@@H]2CCCO2)CC/C=C/[C@H](O)[C@@H]2CC[C@H]2CN2C[C@@]3(CCCc4cc(Cl)ccc43)COc3ccc1cc32.O=C1NS(=O)(=O)N(C[C@H]2CCCO2)CC/C=C/[C@H](O)[C@@H]2CC[C@H]2CN2C[C@@]3(CCCc4cc(Cl)ccc43)COc3ccc1cc32. The van der Waals surface area contributed by atoms with Crippen LogP contribution >= 0.6 is 23.2 Å². The summed E-state index contributed by atoms with van der Waals surface area (Å²) in [5, 5.41) is 23.9. The van der Waals surface area contributed by atoms with Crippen LogP contribution in [0.2, 0.25) is 10.0 Å². The summed E-state index contributed by atoms with van der Waals surface area (Å²) in [6, 6.07) is 22.7. The monoisotopic (exact) mass is 1310 g/mol. The van der Waals surface area contributed by atoms with Gasteiger partial charge in [-0.05, 0) is 209 Å². The van der Waals surface area contributed by atoms with E-state index in [0.29, 0.717) is 76.9 Å². The van der Waals surface area contributed by atoms with Crippen molar-refractivity contribution in [2.75, 3.05) is 88.6 Å². The molecule has 4 aliphatic carbocycles. The fraction of sp³-hybridized carbons (Fsp3) is 0.559. The van der Waals surface area contributed by atoms with E-state index in [4.69, 9.17) is 42.1 Å². The van der Waals surface area contributed by atoms with Crippen LogP contribution in [-0.2, 0) is 53.6 Å². The summed E-state index contributed by atoms with van der Waals surface area (Å²) in [7, 11) is -8.31. The molecule has 10 atom stereocenters. The van der Waals surface area contributed by atoms with Crippen LogP contribution in [-0.4, -0.2) is 151 Å². The number of aliphatic hydroxyl groups is 2. The van der Waals surface area contributed by atoms with Crippen molar-refractivity contribution in [2.45, 2.75) is 138 Å². The molecule has 22 heteroatoms. The van der Waals surface area contributed by atoms with Gasteiger partial charge in [-0.2, -0.15) is 25.4 Å². The van der Waals surface area contributed by atoms with Crippen LogP contribution in [0.5, 0.6) is 11.5 Å². The van der Waals surface area contributed by atoms with E-state index in [1.807, 2.05) is 36.4 Å². The lowest BCUT2D eigenvalue weighted by Gasteiger charge is -2.45. The number of aliphatic hydroxyl groups excluding tert-OH is 2. The van der Waals surface area contributed by atoms with Crippen LogP contribution in [0.1, 0.15) is 133 Å². The number of nitrogens with zero attached hydrogens (tertiary/aromatic N) is 4. The molecule has 484 valence electrons. The van der Waals surface area contributed by atoms with Gasteiger partial charge in [-0.15, -0.1) is 0 Å². The predicted octanol–water partition coefficient (Wildman–Crippen LogP) is 9.23. The van der Waals surface area contributed by atoms with E-state index < -0.39 is 44.4 Å². The van der Waals surface area contributed by atoms with Crippen molar-refractivity contribution in [3.05, 3.63) is 141 Å². The van der Waals surface area contributed by atoms with Gasteiger partial charge < -0.3 is 39.0 Å². The Labute approximate surface area is 539 Å². The van der Waals surface area contributed by atoms with Crippen LogP contribution < -0.4 is 28.7 Å². The molecule has 4 N–H and O–H groups in total. The van der Waals surface area contributed by atoms with Crippen molar-refractivity contribution in [2.24, 2.45) is 23.7 Å². The molecule has 4 aromatic carbocycles. The Balaban J connectivity index is 0.000000165. The maximum Gasteiger partial charge on any atom is 0.304 e. The molecule has 6 heterocycles. The zero-order valence-electron chi connectivity index (χ0n) is 51.0. The summed E-state index contributed by atoms with van der Waals surface area (Å²) in [5.41, 5.74) is 6.51. The average Bonchev–Trinajstić information content (AvgIpc) is 1.62. The molecule has 14 rings (SSSR count). The maximum absolute atomic E-state index is 13.6. The zero-order chi connectivity index (χ0) is 62.4. The van der Waals surface area contributed by atoms with Gasteiger partial charge in [0.15, 0.2) is 0 Å². The fourth-order valence-corrected chi connectivity index (χ4v) is 18.7. The van der Waals surface area contributed by atoms with Gasteiger partial charge in [-0.1, -0.05) is 59.6 Å². The van der Waals surface area contributed by atoms with Gasteiger partial charge in [0.05, 0.1) is 49.0 Å². The summed E-state index contributed by atoms with van der Waals surface area (Å²) in [6.07, 6.45) is 19.7. The minimum Gasteiger partial charge on any atom is -0.490 e. The van der Waals surface area contributed by atoms with Crippen molar-refractivity contribution >= 4 is 66.8 Å². The minimum absolute atomic E-state index is 0.105. The van der Waals surface area contributed by atoms with E-state index in [-0.39, 0.29) is 84.0 Å². The van der Waals surface area contributed by atoms with E-state index in [9.17, 15) is 36.6 Å². The highest BCUT2D eigenvalue weighted by atomic mass is 35.5. The normalized spacial score (nSPS) is 32.4. The van der Waals surface area contributed by atoms with Gasteiger partial charge >= 0.3 is 20.4 Å². The topological polar surface area (TPSA) is 217 Å². The molecule has 2 saturated carbocycles. The zero-order valence-corrected chi connectivity index (χ0v) is 54.1. The Hall–Kier alpha value is -5.26. The summed E-state index contributed by atoms with van der Waals surface area (Å²) in [4.78, 5) is 31.8. The fourth-order valence-electron chi connectivity index (χ4n) is 15.9. The number of carbonyl (C=O) groups excluding carboxylic acids is 2. The number of amides is 2. The second-order valence-corrected chi connectivity index (χ2v) is 31.1. The van der Waals surface area contributed by atoms with Crippen LogP contribution in [0.15, 0.2) is 97.1 Å². The number of rotatable bonds is 4. The van der Waals surface area contributed by atoms with Crippen molar-refractivity contribution < 1.29 is 55.6 Å². The first-order chi connectivity index (χ1) is 43.4. The van der Waals surface area contributed by atoms with Crippen LogP contribution in [0.25, 0.3) is 0 Å². The molecule has 4 aromatic rings. The van der Waals surface area contributed by atoms with E-state index in [0.717, 1.165) is 111 Å². The van der Waals surface area contributed by atoms with Crippen LogP contribution in [0, 0.1) is 23.7 Å². The van der Waals surface area contributed by atoms with E-state index >= 15 is 0 Å². The van der Waals surface area contributed by atoms with Crippen molar-refractivity contribution in [1.82, 2.24) is 18.1 Å². The molecular weight excluding hydrogens is 1230 g/mol. The Morgan fingerprint density at radius 3 is 1.40 bits per heavy atom. The number of aryl methyl sites for hydroxylation is 2. The second-order valence-electron chi connectivity index (χ2n) is 26.9. The molecular formula is C68H84Cl2N6O12S2. The Morgan fingerprint density at radius 1 is 0.556 bits per heavy atom. The standard InChI is InChI=1S/2C34H42ClN3O6S/c2*35-26-10-12-29-23(17-26)5-3-14-34(29)21-37-19-25-8-11-28(25)31(39)7-1-2-15-38(20-27-6-4-16-43-27)45(41,42)36-33(40)24-9-13-32(44-22-34)30(37)18-24/h2*1,7,9-10,12-13,17-18,25,27-28,31,39H,2-6,8,11,14-16,19-22H2,(H,36,40)/b2*7-1+/t25-,27+,28+,31-,34-;25-,27-,28+,31-,34-/m00/s1. The lowest BCUT2D eigenvalue weighted by Crippen LogP contribution is -2.49. The number of benzene rings is 4. The number of hydrogen-bond acceptors (Lipinski definition) is 14. The third kappa shape index (κ3) is 13.4. The van der Waals surface area contributed by atoms with E-state index in [2.05, 4.69) is 43.5 Å².